The predicted octanol–water partition coefficient (Wildman–Crippen LogP) is 1.36. The molecule has 2 aliphatic rings. The summed E-state index contributed by atoms with van der Waals surface area (Å²) in [6, 6.07) is 6.39. The number of hydrogen-bond acceptors (Lipinski definition) is 5. The number of morpholine rings is 1. The Bertz CT molecular complexity index is 494. The average Bonchev–Trinajstić information content (AvgIpc) is 3.02. The third-order valence-corrected chi connectivity index (χ3v) is 4.77. The van der Waals surface area contributed by atoms with E-state index < -0.39 is 6.10 Å². The largest absolute Gasteiger partial charge is 0.491 e. The number of ether oxygens (including phenoxy) is 2. The Hall–Kier alpha value is -1.21. The molecule has 1 N–H and O–H groups in total. The van der Waals surface area contributed by atoms with E-state index in [9.17, 15) is 9.50 Å². The number of halogens is 1. The molecule has 0 amide bonds. The van der Waals surface area contributed by atoms with Crippen LogP contribution < -0.4 is 4.74 Å². The van der Waals surface area contributed by atoms with Crippen molar-refractivity contribution < 1.29 is 19.0 Å². The number of hydrogen-bond donors (Lipinski definition) is 1. The molecule has 2 saturated heterocycles. The summed E-state index contributed by atoms with van der Waals surface area (Å²) in [5, 5.41) is 10.3. The fourth-order valence-electron chi connectivity index (χ4n) is 3.47. The Morgan fingerprint density at radius 3 is 2.71 bits per heavy atom. The Balaban J connectivity index is 1.42. The van der Waals surface area contributed by atoms with E-state index in [1.807, 2.05) is 0 Å². The van der Waals surface area contributed by atoms with Crippen molar-refractivity contribution in [2.45, 2.75) is 25.0 Å². The van der Waals surface area contributed by atoms with Gasteiger partial charge in [-0.25, -0.2) is 4.39 Å². The van der Waals surface area contributed by atoms with E-state index in [4.69, 9.17) is 9.47 Å². The average molecular weight is 338 g/mol. The highest BCUT2D eigenvalue weighted by molar-refractivity contribution is 5.22. The molecule has 2 heterocycles. The summed E-state index contributed by atoms with van der Waals surface area (Å²) in [4.78, 5) is 4.82. The van der Waals surface area contributed by atoms with Crippen molar-refractivity contribution in [2.75, 3.05) is 52.5 Å². The molecule has 1 aromatic carbocycles. The molecule has 0 spiro atoms. The lowest BCUT2D eigenvalue weighted by atomic mass is 10.2. The molecule has 5 nitrogen and oxygen atoms in total. The summed E-state index contributed by atoms with van der Waals surface area (Å²) >= 11 is 0. The van der Waals surface area contributed by atoms with Crippen molar-refractivity contribution in [2.24, 2.45) is 0 Å². The molecule has 0 aromatic heterocycles. The van der Waals surface area contributed by atoms with Gasteiger partial charge in [0.2, 0.25) is 0 Å². The second kappa shape index (κ2) is 8.76. The van der Waals surface area contributed by atoms with Gasteiger partial charge in [-0.1, -0.05) is 0 Å². The van der Waals surface area contributed by atoms with E-state index in [0.717, 1.165) is 39.4 Å². The van der Waals surface area contributed by atoms with Crippen molar-refractivity contribution in [1.29, 1.82) is 0 Å². The van der Waals surface area contributed by atoms with Crippen molar-refractivity contribution >= 4 is 0 Å². The van der Waals surface area contributed by atoms with Crippen molar-refractivity contribution in [3.63, 3.8) is 0 Å². The molecular formula is C18H27FN2O3. The van der Waals surface area contributed by atoms with Gasteiger partial charge in [-0.15, -0.1) is 0 Å². The standard InChI is InChI=1S/C18H27FN2O3/c19-15-3-5-18(6-4-15)24-14-17(22)13-21-7-1-2-16(21)12-20-8-10-23-11-9-20/h3-6,16-17,22H,1-2,7-14H2. The number of rotatable bonds is 7. The van der Waals surface area contributed by atoms with E-state index in [1.54, 1.807) is 12.1 Å². The van der Waals surface area contributed by atoms with E-state index in [1.165, 1.54) is 25.0 Å². The normalized spacial score (nSPS) is 24.2. The first-order valence-corrected chi connectivity index (χ1v) is 8.81. The van der Waals surface area contributed by atoms with Crippen LogP contribution in [0.3, 0.4) is 0 Å². The number of nitrogens with zero attached hydrogens (tertiary/aromatic N) is 2. The second-order valence-electron chi connectivity index (χ2n) is 6.62. The van der Waals surface area contributed by atoms with Crippen LogP contribution in [-0.2, 0) is 4.74 Å². The van der Waals surface area contributed by atoms with E-state index in [-0.39, 0.29) is 12.4 Å². The monoisotopic (exact) mass is 338 g/mol. The zero-order valence-corrected chi connectivity index (χ0v) is 14.1. The minimum atomic E-state index is -0.541. The summed E-state index contributed by atoms with van der Waals surface area (Å²) in [6.07, 6.45) is 1.82. The molecule has 1 aromatic rings. The van der Waals surface area contributed by atoms with Crippen LogP contribution in [0.25, 0.3) is 0 Å². The molecule has 134 valence electrons. The summed E-state index contributed by atoms with van der Waals surface area (Å²) in [6.45, 7) is 6.57. The molecule has 0 radical (unpaired) electrons. The lowest BCUT2D eigenvalue weighted by Crippen LogP contribution is -2.47. The van der Waals surface area contributed by atoms with Crippen molar-refractivity contribution in [3.05, 3.63) is 30.1 Å². The Kier molecular flexibility index (Phi) is 6.43. The molecule has 3 rings (SSSR count). The molecule has 6 heteroatoms. The van der Waals surface area contributed by atoms with Gasteiger partial charge in [0.25, 0.3) is 0 Å². The maximum atomic E-state index is 12.9. The number of likely N-dealkylation sites (tertiary alicyclic amines) is 1. The SMILES string of the molecule is OC(COc1ccc(F)cc1)CN1CCCC1CN1CCOCC1. The van der Waals surface area contributed by atoms with E-state index in [0.29, 0.717) is 18.3 Å². The first kappa shape index (κ1) is 17.6. The predicted molar refractivity (Wildman–Crippen MR) is 89.8 cm³/mol. The zero-order chi connectivity index (χ0) is 16.8. The molecule has 24 heavy (non-hydrogen) atoms. The molecular weight excluding hydrogens is 311 g/mol. The lowest BCUT2D eigenvalue weighted by molar-refractivity contribution is 0.0182. The highest BCUT2D eigenvalue weighted by Gasteiger charge is 2.28. The van der Waals surface area contributed by atoms with Crippen LogP contribution >= 0.6 is 0 Å². The maximum Gasteiger partial charge on any atom is 0.123 e. The number of β-amino-alcohol motifs (C(OH)–C–C–N with tert-alkyl or cyclic N) is 1. The van der Waals surface area contributed by atoms with Gasteiger partial charge in [-0.3, -0.25) is 9.80 Å². The van der Waals surface area contributed by atoms with Gasteiger partial charge in [-0.2, -0.15) is 0 Å². The second-order valence-corrected chi connectivity index (χ2v) is 6.62. The summed E-state index contributed by atoms with van der Waals surface area (Å²) in [5.41, 5.74) is 0. The van der Waals surface area contributed by atoms with Crippen LogP contribution in [0.15, 0.2) is 24.3 Å². The maximum absolute atomic E-state index is 12.9. The summed E-state index contributed by atoms with van der Waals surface area (Å²) < 4.78 is 23.8. The van der Waals surface area contributed by atoms with Crippen LogP contribution in [0.4, 0.5) is 4.39 Å². The highest BCUT2D eigenvalue weighted by Crippen LogP contribution is 2.19. The first-order chi connectivity index (χ1) is 11.7. The molecule has 0 aliphatic carbocycles. The molecule has 2 atom stereocenters. The molecule has 2 aliphatic heterocycles. The van der Waals surface area contributed by atoms with Gasteiger partial charge in [0.1, 0.15) is 24.3 Å². The minimum Gasteiger partial charge on any atom is -0.491 e. The van der Waals surface area contributed by atoms with Crippen LogP contribution in [0.1, 0.15) is 12.8 Å². The molecule has 0 bridgehead atoms. The quantitative estimate of drug-likeness (QED) is 0.813. The van der Waals surface area contributed by atoms with E-state index >= 15 is 0 Å². The topological polar surface area (TPSA) is 45.2 Å². The van der Waals surface area contributed by atoms with Gasteiger partial charge in [0.15, 0.2) is 0 Å². The number of aliphatic hydroxyl groups is 1. The van der Waals surface area contributed by atoms with E-state index in [2.05, 4.69) is 9.80 Å². The fourth-order valence-corrected chi connectivity index (χ4v) is 3.47. The van der Waals surface area contributed by atoms with Gasteiger partial charge in [-0.05, 0) is 43.7 Å². The third kappa shape index (κ3) is 5.14. The fraction of sp³-hybridized carbons (Fsp3) is 0.667. The number of aliphatic hydroxyl groups excluding tert-OH is 1. The Morgan fingerprint density at radius 1 is 1.21 bits per heavy atom. The van der Waals surface area contributed by atoms with Crippen LogP contribution in [-0.4, -0.2) is 79.6 Å². The van der Waals surface area contributed by atoms with Crippen LogP contribution in [0.5, 0.6) is 5.75 Å². The highest BCUT2D eigenvalue weighted by atomic mass is 19.1. The van der Waals surface area contributed by atoms with Gasteiger partial charge < -0.3 is 14.6 Å². The minimum absolute atomic E-state index is 0.229. The molecule has 2 unspecified atom stereocenters. The summed E-state index contributed by atoms with van der Waals surface area (Å²) in [5.74, 6) is 0.299. The van der Waals surface area contributed by atoms with Crippen molar-refractivity contribution in [3.8, 4) is 5.75 Å². The van der Waals surface area contributed by atoms with Crippen molar-refractivity contribution in [1.82, 2.24) is 9.80 Å². The Labute approximate surface area is 143 Å². The van der Waals surface area contributed by atoms with Gasteiger partial charge in [0.05, 0.1) is 13.2 Å². The lowest BCUT2D eigenvalue weighted by Gasteiger charge is -2.33. The Morgan fingerprint density at radius 2 is 1.96 bits per heavy atom. The van der Waals surface area contributed by atoms with Crippen LogP contribution in [0, 0.1) is 5.82 Å². The first-order valence-electron chi connectivity index (χ1n) is 8.81. The van der Waals surface area contributed by atoms with Gasteiger partial charge in [0, 0.05) is 32.2 Å². The third-order valence-electron chi connectivity index (χ3n) is 4.77. The zero-order valence-electron chi connectivity index (χ0n) is 14.1. The summed E-state index contributed by atoms with van der Waals surface area (Å²) in [7, 11) is 0. The number of benzene rings is 1. The van der Waals surface area contributed by atoms with Gasteiger partial charge >= 0.3 is 0 Å². The molecule has 2 fully saturated rings. The smallest absolute Gasteiger partial charge is 0.123 e. The van der Waals surface area contributed by atoms with Crippen LogP contribution in [0.2, 0.25) is 0 Å². The molecule has 0 saturated carbocycles.